The van der Waals surface area contributed by atoms with Gasteiger partial charge in [-0.3, -0.25) is 9.59 Å². The molecule has 0 unspecified atom stereocenters. The van der Waals surface area contributed by atoms with Gasteiger partial charge in [-0.05, 0) is 30.5 Å². The molecule has 0 aliphatic heterocycles. The van der Waals surface area contributed by atoms with Crippen LogP contribution in [0.15, 0.2) is 18.2 Å². The van der Waals surface area contributed by atoms with E-state index in [1.54, 1.807) is 6.07 Å². The minimum Gasteiger partial charge on any atom is -0.491 e. The van der Waals surface area contributed by atoms with Gasteiger partial charge in [0.15, 0.2) is 0 Å². The molecule has 0 heterocycles. The molecule has 0 radical (unpaired) electrons. The lowest BCUT2D eigenvalue weighted by molar-refractivity contribution is -0.124. The van der Waals surface area contributed by atoms with Crippen molar-refractivity contribution in [2.24, 2.45) is 11.7 Å². The SMILES string of the molecule is Cc1ccc(NC(=O)CC(N)=O)c(OCC(C)C)c1. The second-order valence-electron chi connectivity index (χ2n) is 4.90. The second-order valence-corrected chi connectivity index (χ2v) is 4.90. The number of carbonyl (C=O) groups excluding carboxylic acids is 2. The molecule has 0 aliphatic carbocycles. The molecular formula is C14H20N2O3. The van der Waals surface area contributed by atoms with Gasteiger partial charge >= 0.3 is 0 Å². The van der Waals surface area contributed by atoms with Crippen molar-refractivity contribution in [3.05, 3.63) is 23.8 Å². The molecule has 1 aromatic carbocycles. The van der Waals surface area contributed by atoms with Gasteiger partial charge in [0, 0.05) is 0 Å². The largest absolute Gasteiger partial charge is 0.491 e. The van der Waals surface area contributed by atoms with E-state index in [-0.39, 0.29) is 6.42 Å². The number of anilines is 1. The molecule has 3 N–H and O–H groups in total. The highest BCUT2D eigenvalue weighted by Crippen LogP contribution is 2.26. The molecular weight excluding hydrogens is 244 g/mol. The molecule has 0 saturated heterocycles. The second kappa shape index (κ2) is 6.78. The van der Waals surface area contributed by atoms with Gasteiger partial charge in [-0.25, -0.2) is 0 Å². The summed E-state index contributed by atoms with van der Waals surface area (Å²) < 4.78 is 5.65. The molecule has 0 aromatic heterocycles. The van der Waals surface area contributed by atoms with Gasteiger partial charge in [0.05, 0.1) is 12.3 Å². The summed E-state index contributed by atoms with van der Waals surface area (Å²) in [5, 5.41) is 2.63. The Balaban J connectivity index is 2.81. The molecule has 0 fully saturated rings. The summed E-state index contributed by atoms with van der Waals surface area (Å²) in [4.78, 5) is 22.2. The van der Waals surface area contributed by atoms with E-state index in [1.165, 1.54) is 0 Å². The first-order valence-corrected chi connectivity index (χ1v) is 6.20. The van der Waals surface area contributed by atoms with E-state index in [1.807, 2.05) is 32.9 Å². The fourth-order valence-electron chi connectivity index (χ4n) is 1.46. The van der Waals surface area contributed by atoms with Gasteiger partial charge < -0.3 is 15.8 Å². The molecule has 0 bridgehead atoms. The minimum atomic E-state index is -0.658. The number of amides is 2. The average molecular weight is 264 g/mol. The topological polar surface area (TPSA) is 81.4 Å². The Kier molecular flexibility index (Phi) is 5.36. The first-order chi connectivity index (χ1) is 8.88. The third kappa shape index (κ3) is 5.42. The number of nitrogens with two attached hydrogens (primary N) is 1. The summed E-state index contributed by atoms with van der Waals surface area (Å²) in [6.45, 7) is 6.58. The summed E-state index contributed by atoms with van der Waals surface area (Å²) in [6, 6.07) is 5.47. The predicted octanol–water partition coefficient (Wildman–Crippen LogP) is 1.84. The van der Waals surface area contributed by atoms with Crippen molar-refractivity contribution in [1.29, 1.82) is 0 Å². The van der Waals surface area contributed by atoms with Crippen LogP contribution in [0.4, 0.5) is 5.69 Å². The fraction of sp³-hybridized carbons (Fsp3) is 0.429. The lowest BCUT2D eigenvalue weighted by atomic mass is 10.2. The van der Waals surface area contributed by atoms with E-state index >= 15 is 0 Å². The zero-order valence-electron chi connectivity index (χ0n) is 11.5. The smallest absolute Gasteiger partial charge is 0.233 e. The van der Waals surface area contributed by atoms with Crippen LogP contribution in [0.3, 0.4) is 0 Å². The molecule has 0 aliphatic rings. The molecule has 1 rings (SSSR count). The van der Waals surface area contributed by atoms with Crippen molar-refractivity contribution in [2.75, 3.05) is 11.9 Å². The number of ether oxygens (including phenoxy) is 1. The summed E-state index contributed by atoms with van der Waals surface area (Å²) >= 11 is 0. The van der Waals surface area contributed by atoms with Crippen LogP contribution in [0, 0.1) is 12.8 Å². The van der Waals surface area contributed by atoms with Crippen LogP contribution < -0.4 is 15.8 Å². The predicted molar refractivity (Wildman–Crippen MR) is 74.0 cm³/mol. The van der Waals surface area contributed by atoms with Gasteiger partial charge in [0.2, 0.25) is 11.8 Å². The molecule has 5 heteroatoms. The van der Waals surface area contributed by atoms with E-state index in [0.717, 1.165) is 5.56 Å². The van der Waals surface area contributed by atoms with Crippen LogP contribution in [-0.4, -0.2) is 18.4 Å². The van der Waals surface area contributed by atoms with Crippen LogP contribution >= 0.6 is 0 Å². The minimum absolute atomic E-state index is 0.336. The molecule has 0 saturated carbocycles. The Morgan fingerprint density at radius 3 is 2.63 bits per heavy atom. The molecule has 2 amide bonds. The number of hydrogen-bond acceptors (Lipinski definition) is 3. The zero-order valence-corrected chi connectivity index (χ0v) is 11.5. The highest BCUT2D eigenvalue weighted by molar-refractivity contribution is 6.03. The first-order valence-electron chi connectivity index (χ1n) is 6.20. The number of benzene rings is 1. The number of hydrogen-bond donors (Lipinski definition) is 2. The Labute approximate surface area is 113 Å². The molecule has 1 aromatic rings. The van der Waals surface area contributed by atoms with E-state index in [4.69, 9.17) is 10.5 Å². The third-order valence-electron chi connectivity index (χ3n) is 2.32. The van der Waals surface area contributed by atoms with Gasteiger partial charge in [-0.15, -0.1) is 0 Å². The Morgan fingerprint density at radius 2 is 2.05 bits per heavy atom. The number of nitrogens with one attached hydrogen (secondary N) is 1. The summed E-state index contributed by atoms with van der Waals surface area (Å²) in [5.41, 5.74) is 6.56. The maximum Gasteiger partial charge on any atom is 0.233 e. The van der Waals surface area contributed by atoms with Gasteiger partial charge in [0.25, 0.3) is 0 Å². The normalized spacial score (nSPS) is 10.3. The first kappa shape index (κ1) is 15.0. The van der Waals surface area contributed by atoms with Gasteiger partial charge in [-0.1, -0.05) is 19.9 Å². The van der Waals surface area contributed by atoms with Crippen LogP contribution in [0.25, 0.3) is 0 Å². The van der Waals surface area contributed by atoms with Crippen molar-refractivity contribution in [2.45, 2.75) is 27.2 Å². The summed E-state index contributed by atoms with van der Waals surface area (Å²) in [6.07, 6.45) is -0.336. The van der Waals surface area contributed by atoms with Crippen molar-refractivity contribution < 1.29 is 14.3 Å². The summed E-state index contributed by atoms with van der Waals surface area (Å²) in [5.74, 6) is -0.110. The van der Waals surface area contributed by atoms with Crippen LogP contribution in [0.2, 0.25) is 0 Å². The standard InChI is InChI=1S/C14H20N2O3/c1-9(2)8-19-12-6-10(3)4-5-11(12)16-14(18)7-13(15)17/h4-6,9H,7-8H2,1-3H3,(H2,15,17)(H,16,18). The number of primary amides is 1. The van der Waals surface area contributed by atoms with E-state index < -0.39 is 11.8 Å². The quantitative estimate of drug-likeness (QED) is 0.769. The summed E-state index contributed by atoms with van der Waals surface area (Å²) in [7, 11) is 0. The van der Waals surface area contributed by atoms with Crippen molar-refractivity contribution in [3.8, 4) is 5.75 Å². The molecule has 0 atom stereocenters. The lowest BCUT2D eigenvalue weighted by Gasteiger charge is -2.14. The lowest BCUT2D eigenvalue weighted by Crippen LogP contribution is -2.22. The maximum absolute atomic E-state index is 11.5. The van der Waals surface area contributed by atoms with Crippen molar-refractivity contribution >= 4 is 17.5 Å². The van der Waals surface area contributed by atoms with E-state index in [9.17, 15) is 9.59 Å². The van der Waals surface area contributed by atoms with Crippen LogP contribution in [0.5, 0.6) is 5.75 Å². The highest BCUT2D eigenvalue weighted by atomic mass is 16.5. The third-order valence-corrected chi connectivity index (χ3v) is 2.32. The molecule has 104 valence electrons. The maximum atomic E-state index is 11.5. The number of aryl methyl sites for hydroxylation is 1. The van der Waals surface area contributed by atoms with Crippen LogP contribution in [-0.2, 0) is 9.59 Å². The van der Waals surface area contributed by atoms with E-state index in [0.29, 0.717) is 24.0 Å². The molecule has 0 spiro atoms. The monoisotopic (exact) mass is 264 g/mol. The average Bonchev–Trinajstić information content (AvgIpc) is 2.28. The number of carbonyl (C=O) groups is 2. The zero-order chi connectivity index (χ0) is 14.4. The highest BCUT2D eigenvalue weighted by Gasteiger charge is 2.11. The Bertz CT molecular complexity index is 470. The van der Waals surface area contributed by atoms with Crippen molar-refractivity contribution in [3.63, 3.8) is 0 Å². The van der Waals surface area contributed by atoms with Crippen molar-refractivity contribution in [1.82, 2.24) is 0 Å². The van der Waals surface area contributed by atoms with Crippen LogP contribution in [0.1, 0.15) is 25.8 Å². The molecule has 19 heavy (non-hydrogen) atoms. The molecule has 5 nitrogen and oxygen atoms in total. The number of rotatable bonds is 6. The van der Waals surface area contributed by atoms with Gasteiger partial charge in [0.1, 0.15) is 12.2 Å². The fourth-order valence-corrected chi connectivity index (χ4v) is 1.46. The van der Waals surface area contributed by atoms with E-state index in [2.05, 4.69) is 5.32 Å². The Morgan fingerprint density at radius 1 is 1.37 bits per heavy atom. The van der Waals surface area contributed by atoms with Gasteiger partial charge in [-0.2, -0.15) is 0 Å². The Hall–Kier alpha value is -2.04.